The van der Waals surface area contributed by atoms with Gasteiger partial charge in [0.2, 0.25) is 0 Å². The topological polar surface area (TPSA) is 93.4 Å². The van der Waals surface area contributed by atoms with Crippen molar-refractivity contribution in [2.75, 3.05) is 0 Å². The zero-order chi connectivity index (χ0) is 9.64. The van der Waals surface area contributed by atoms with E-state index in [1.54, 1.807) is 24.7 Å². The van der Waals surface area contributed by atoms with E-state index in [9.17, 15) is 0 Å². The highest BCUT2D eigenvalue weighted by Crippen LogP contribution is 1.99. The first-order valence-electron chi connectivity index (χ1n) is 3.78. The van der Waals surface area contributed by atoms with Gasteiger partial charge in [0.05, 0.1) is 18.6 Å². The molecule has 0 aliphatic rings. The van der Waals surface area contributed by atoms with E-state index in [0.717, 1.165) is 11.0 Å². The number of fused-ring (bicyclic) bond motifs is 1. The molecule has 0 amide bonds. The molecule has 0 aliphatic heterocycles. The van der Waals surface area contributed by atoms with Crippen LogP contribution >= 0.6 is 0 Å². The quantitative estimate of drug-likeness (QED) is 0.552. The summed E-state index contributed by atoms with van der Waals surface area (Å²) in [4.78, 5) is 0. The van der Waals surface area contributed by atoms with Crippen molar-refractivity contribution in [3.63, 3.8) is 0 Å². The van der Waals surface area contributed by atoms with Crippen LogP contribution in [0.1, 0.15) is 0 Å². The Kier molecular flexibility index (Phi) is 2.42. The lowest BCUT2D eigenvalue weighted by atomic mass is 10.5. The standard InChI is InChI=1S/C4H3N5.C3H3NO/c1-4-3(7-5-1)2-6-9-8-4;1-2-4-5-3-1/h1-2H,(H,5,7);1-3H. The predicted molar refractivity (Wildman–Crippen MR) is 46.0 cm³/mol. The summed E-state index contributed by atoms with van der Waals surface area (Å²) in [7, 11) is 0. The number of aromatic amines is 1. The average Bonchev–Trinajstić information content (AvgIpc) is 2.92. The summed E-state index contributed by atoms with van der Waals surface area (Å²) >= 11 is 0. The van der Waals surface area contributed by atoms with E-state index in [2.05, 4.69) is 35.3 Å². The lowest BCUT2D eigenvalue weighted by Gasteiger charge is -1.78. The predicted octanol–water partition coefficient (Wildman–Crippen LogP) is 0.422. The highest BCUT2D eigenvalue weighted by molar-refractivity contribution is 5.70. The lowest BCUT2D eigenvalue weighted by molar-refractivity contribution is 0.420. The Morgan fingerprint density at radius 3 is 2.93 bits per heavy atom. The first-order chi connectivity index (χ1) is 6.97. The Morgan fingerprint density at radius 2 is 2.29 bits per heavy atom. The summed E-state index contributed by atoms with van der Waals surface area (Å²) in [6.07, 6.45) is 6.28. The van der Waals surface area contributed by atoms with Crippen molar-refractivity contribution in [3.8, 4) is 0 Å². The van der Waals surface area contributed by atoms with E-state index in [0.29, 0.717) is 0 Å². The number of aromatic nitrogens is 6. The van der Waals surface area contributed by atoms with Gasteiger partial charge in [-0.05, 0) is 11.3 Å². The Morgan fingerprint density at radius 1 is 1.29 bits per heavy atom. The molecule has 0 aliphatic carbocycles. The van der Waals surface area contributed by atoms with E-state index < -0.39 is 0 Å². The molecule has 3 aromatic rings. The Balaban J connectivity index is 0.000000128. The first-order valence-corrected chi connectivity index (χ1v) is 3.78. The zero-order valence-electron chi connectivity index (χ0n) is 7.03. The Labute approximate surface area is 78.1 Å². The molecule has 0 saturated carbocycles. The van der Waals surface area contributed by atoms with Crippen LogP contribution < -0.4 is 0 Å². The van der Waals surface area contributed by atoms with Crippen LogP contribution in [0.4, 0.5) is 0 Å². The fourth-order valence-electron chi connectivity index (χ4n) is 0.798. The monoisotopic (exact) mass is 190 g/mol. The fraction of sp³-hybridized carbons (Fsp3) is 0. The Hall–Kier alpha value is -2.31. The van der Waals surface area contributed by atoms with Crippen molar-refractivity contribution in [1.29, 1.82) is 0 Å². The molecule has 0 unspecified atom stereocenters. The van der Waals surface area contributed by atoms with E-state index in [1.807, 2.05) is 0 Å². The molecular formula is C7H6N6O. The average molecular weight is 190 g/mol. The van der Waals surface area contributed by atoms with Gasteiger partial charge >= 0.3 is 0 Å². The van der Waals surface area contributed by atoms with Gasteiger partial charge < -0.3 is 4.52 Å². The molecular weight excluding hydrogens is 184 g/mol. The van der Waals surface area contributed by atoms with Gasteiger partial charge in [-0.3, -0.25) is 5.10 Å². The second kappa shape index (κ2) is 4.08. The van der Waals surface area contributed by atoms with Crippen LogP contribution in [0.15, 0.2) is 35.4 Å². The van der Waals surface area contributed by atoms with E-state index in [1.165, 1.54) is 6.26 Å². The number of nitrogens with zero attached hydrogens (tertiary/aromatic N) is 5. The van der Waals surface area contributed by atoms with E-state index in [-0.39, 0.29) is 0 Å². The zero-order valence-corrected chi connectivity index (χ0v) is 7.03. The minimum atomic E-state index is 0.741. The minimum absolute atomic E-state index is 0.741. The molecule has 0 radical (unpaired) electrons. The van der Waals surface area contributed by atoms with Crippen molar-refractivity contribution in [3.05, 3.63) is 30.9 Å². The smallest absolute Gasteiger partial charge is 0.134 e. The molecule has 0 fully saturated rings. The molecule has 14 heavy (non-hydrogen) atoms. The molecule has 7 nitrogen and oxygen atoms in total. The maximum absolute atomic E-state index is 4.33. The van der Waals surface area contributed by atoms with Crippen molar-refractivity contribution < 1.29 is 4.52 Å². The third kappa shape index (κ3) is 1.89. The fourth-order valence-corrected chi connectivity index (χ4v) is 0.798. The normalized spacial score (nSPS) is 9.43. The summed E-state index contributed by atoms with van der Waals surface area (Å²) in [6, 6.07) is 1.72. The number of hydrogen-bond acceptors (Lipinski definition) is 6. The third-order valence-electron chi connectivity index (χ3n) is 1.39. The maximum Gasteiger partial charge on any atom is 0.134 e. The minimum Gasteiger partial charge on any atom is -0.365 e. The molecule has 0 bridgehead atoms. The molecule has 0 atom stereocenters. The van der Waals surface area contributed by atoms with Gasteiger partial charge in [0.15, 0.2) is 0 Å². The number of hydrogen-bond donors (Lipinski definition) is 1. The van der Waals surface area contributed by atoms with Crippen molar-refractivity contribution in [1.82, 2.24) is 30.8 Å². The van der Waals surface area contributed by atoms with Crippen LogP contribution in [0.5, 0.6) is 0 Å². The van der Waals surface area contributed by atoms with Gasteiger partial charge in [-0.2, -0.15) is 5.10 Å². The van der Waals surface area contributed by atoms with Crippen LogP contribution in [-0.4, -0.2) is 30.8 Å². The SMILES string of the molecule is c1cnoc1.c1n[nH]c2cnnnc12. The van der Waals surface area contributed by atoms with Crippen LogP contribution in [-0.2, 0) is 0 Å². The molecule has 3 heterocycles. The highest BCUT2D eigenvalue weighted by atomic mass is 16.5. The summed E-state index contributed by atoms with van der Waals surface area (Å²) in [5.41, 5.74) is 1.55. The van der Waals surface area contributed by atoms with Crippen LogP contribution in [0, 0.1) is 0 Å². The van der Waals surface area contributed by atoms with Gasteiger partial charge in [-0.1, -0.05) is 5.16 Å². The second-order valence-corrected chi connectivity index (χ2v) is 2.29. The van der Waals surface area contributed by atoms with Crippen LogP contribution in [0.25, 0.3) is 11.0 Å². The molecule has 0 spiro atoms. The molecule has 70 valence electrons. The van der Waals surface area contributed by atoms with E-state index >= 15 is 0 Å². The second-order valence-electron chi connectivity index (χ2n) is 2.29. The summed E-state index contributed by atoms with van der Waals surface area (Å²) in [5.74, 6) is 0. The Bertz CT molecular complexity index is 428. The molecule has 0 aromatic carbocycles. The molecule has 0 saturated heterocycles. The van der Waals surface area contributed by atoms with Gasteiger partial charge in [-0.15, -0.1) is 10.2 Å². The first kappa shape index (κ1) is 8.30. The molecule has 1 N–H and O–H groups in total. The summed E-state index contributed by atoms with van der Waals surface area (Å²) in [6.45, 7) is 0. The van der Waals surface area contributed by atoms with Gasteiger partial charge in [0.25, 0.3) is 0 Å². The van der Waals surface area contributed by atoms with Crippen molar-refractivity contribution >= 4 is 11.0 Å². The molecule has 3 aromatic heterocycles. The maximum atomic E-state index is 4.33. The van der Waals surface area contributed by atoms with Crippen LogP contribution in [0.2, 0.25) is 0 Å². The largest absolute Gasteiger partial charge is 0.365 e. The summed E-state index contributed by atoms with van der Waals surface area (Å²) < 4.78 is 4.33. The van der Waals surface area contributed by atoms with E-state index in [4.69, 9.17) is 0 Å². The highest BCUT2D eigenvalue weighted by Gasteiger charge is 1.92. The number of H-pyrrole nitrogens is 1. The number of nitrogens with one attached hydrogen (secondary N) is 1. The van der Waals surface area contributed by atoms with Gasteiger partial charge in [0.1, 0.15) is 17.3 Å². The van der Waals surface area contributed by atoms with Crippen LogP contribution in [0.3, 0.4) is 0 Å². The molecule has 7 heteroatoms. The van der Waals surface area contributed by atoms with Crippen molar-refractivity contribution in [2.45, 2.75) is 0 Å². The van der Waals surface area contributed by atoms with Gasteiger partial charge in [-0.25, -0.2) is 0 Å². The van der Waals surface area contributed by atoms with Gasteiger partial charge in [0, 0.05) is 0 Å². The lowest BCUT2D eigenvalue weighted by Crippen LogP contribution is -1.83. The number of rotatable bonds is 0. The summed E-state index contributed by atoms with van der Waals surface area (Å²) in [5, 5.41) is 20.4. The molecule has 3 rings (SSSR count). The third-order valence-corrected chi connectivity index (χ3v) is 1.39. The van der Waals surface area contributed by atoms with Crippen molar-refractivity contribution in [2.24, 2.45) is 0 Å².